The number of hydrogen-bond donors (Lipinski definition) is 1. The highest BCUT2D eigenvalue weighted by atomic mass is 16.5. The summed E-state index contributed by atoms with van der Waals surface area (Å²) in [6.45, 7) is 6.86. The quantitative estimate of drug-likeness (QED) is 0.574. The minimum Gasteiger partial charge on any atom is -0.379 e. The Hall–Kier alpha value is -0.650. The summed E-state index contributed by atoms with van der Waals surface area (Å²) in [5.41, 5.74) is 5.38. The molecule has 0 saturated heterocycles. The first-order valence-corrected chi connectivity index (χ1v) is 6.21. The Morgan fingerprint density at radius 3 is 2.59 bits per heavy atom. The highest BCUT2D eigenvalue weighted by Gasteiger charge is 2.07. The first kappa shape index (κ1) is 16.4. The minimum absolute atomic E-state index is 0.100. The van der Waals surface area contributed by atoms with Crippen molar-refractivity contribution in [2.24, 2.45) is 5.73 Å². The van der Waals surface area contributed by atoms with Gasteiger partial charge in [-0.25, -0.2) is 0 Å². The van der Waals surface area contributed by atoms with Crippen LogP contribution in [-0.2, 0) is 14.3 Å². The number of hydrogen-bond acceptors (Lipinski definition) is 4. The van der Waals surface area contributed by atoms with Gasteiger partial charge < -0.3 is 20.1 Å². The van der Waals surface area contributed by atoms with Crippen LogP contribution in [0, 0.1) is 0 Å². The fraction of sp³-hybridized carbons (Fsp3) is 0.917. The Bertz CT molecular complexity index is 198. The summed E-state index contributed by atoms with van der Waals surface area (Å²) in [6.07, 6.45) is 1.48. The SMILES string of the molecule is CC(C)OCCOCCC(=O)N(C)CCCN. The zero-order valence-corrected chi connectivity index (χ0v) is 11.3. The van der Waals surface area contributed by atoms with Crippen molar-refractivity contribution in [1.82, 2.24) is 4.90 Å². The van der Waals surface area contributed by atoms with Crippen LogP contribution in [0.25, 0.3) is 0 Å². The maximum atomic E-state index is 11.6. The fourth-order valence-corrected chi connectivity index (χ4v) is 1.25. The van der Waals surface area contributed by atoms with E-state index < -0.39 is 0 Å². The van der Waals surface area contributed by atoms with E-state index in [2.05, 4.69) is 0 Å². The third-order valence-electron chi connectivity index (χ3n) is 2.26. The van der Waals surface area contributed by atoms with Gasteiger partial charge in [0.15, 0.2) is 0 Å². The molecule has 0 fully saturated rings. The summed E-state index contributed by atoms with van der Waals surface area (Å²) in [4.78, 5) is 13.3. The minimum atomic E-state index is 0.100. The van der Waals surface area contributed by atoms with Crippen molar-refractivity contribution < 1.29 is 14.3 Å². The van der Waals surface area contributed by atoms with Crippen LogP contribution in [0.15, 0.2) is 0 Å². The van der Waals surface area contributed by atoms with Crippen LogP contribution in [-0.4, -0.2) is 56.9 Å². The van der Waals surface area contributed by atoms with E-state index in [0.29, 0.717) is 39.3 Å². The zero-order valence-electron chi connectivity index (χ0n) is 11.3. The second kappa shape index (κ2) is 10.5. The van der Waals surface area contributed by atoms with E-state index in [1.54, 1.807) is 11.9 Å². The highest BCUT2D eigenvalue weighted by Crippen LogP contribution is 1.94. The lowest BCUT2D eigenvalue weighted by Crippen LogP contribution is -2.29. The maximum Gasteiger partial charge on any atom is 0.224 e. The van der Waals surface area contributed by atoms with Gasteiger partial charge in [-0.1, -0.05) is 0 Å². The van der Waals surface area contributed by atoms with Crippen LogP contribution >= 0.6 is 0 Å². The van der Waals surface area contributed by atoms with E-state index in [-0.39, 0.29) is 12.0 Å². The Morgan fingerprint density at radius 2 is 2.00 bits per heavy atom. The van der Waals surface area contributed by atoms with E-state index in [0.717, 1.165) is 6.42 Å². The van der Waals surface area contributed by atoms with Crippen molar-refractivity contribution in [2.45, 2.75) is 32.8 Å². The summed E-state index contributed by atoms with van der Waals surface area (Å²) in [5, 5.41) is 0. The molecule has 1 amide bonds. The molecule has 17 heavy (non-hydrogen) atoms. The topological polar surface area (TPSA) is 64.8 Å². The molecule has 0 saturated carbocycles. The Balaban J connectivity index is 3.38. The Labute approximate surface area is 104 Å². The van der Waals surface area contributed by atoms with Gasteiger partial charge in [0, 0.05) is 13.6 Å². The summed E-state index contributed by atoms with van der Waals surface area (Å²) in [5.74, 6) is 0.100. The van der Waals surface area contributed by atoms with Crippen LogP contribution in [0.2, 0.25) is 0 Å². The molecule has 0 radical (unpaired) electrons. The van der Waals surface area contributed by atoms with Crippen LogP contribution in [0.3, 0.4) is 0 Å². The molecule has 0 bridgehead atoms. The molecule has 0 aromatic rings. The third-order valence-corrected chi connectivity index (χ3v) is 2.26. The van der Waals surface area contributed by atoms with Gasteiger partial charge in [-0.3, -0.25) is 4.79 Å². The molecule has 0 aliphatic heterocycles. The van der Waals surface area contributed by atoms with Crippen LogP contribution < -0.4 is 5.73 Å². The largest absolute Gasteiger partial charge is 0.379 e. The van der Waals surface area contributed by atoms with Gasteiger partial charge in [-0.15, -0.1) is 0 Å². The molecule has 0 spiro atoms. The number of carbonyl (C=O) groups excluding carboxylic acids is 1. The zero-order chi connectivity index (χ0) is 13.1. The van der Waals surface area contributed by atoms with E-state index in [1.807, 2.05) is 13.8 Å². The molecule has 5 heteroatoms. The molecule has 0 rings (SSSR count). The van der Waals surface area contributed by atoms with Crippen molar-refractivity contribution >= 4 is 5.91 Å². The number of nitrogens with two attached hydrogens (primary N) is 1. The highest BCUT2D eigenvalue weighted by molar-refractivity contribution is 5.75. The lowest BCUT2D eigenvalue weighted by Gasteiger charge is -2.16. The number of amides is 1. The van der Waals surface area contributed by atoms with E-state index in [4.69, 9.17) is 15.2 Å². The number of rotatable bonds is 10. The molecule has 0 aromatic heterocycles. The summed E-state index contributed by atoms with van der Waals surface area (Å²) in [6, 6.07) is 0. The Morgan fingerprint density at radius 1 is 1.29 bits per heavy atom. The predicted molar refractivity (Wildman–Crippen MR) is 67.8 cm³/mol. The van der Waals surface area contributed by atoms with E-state index in [9.17, 15) is 4.79 Å². The van der Waals surface area contributed by atoms with Crippen molar-refractivity contribution in [3.63, 3.8) is 0 Å². The molecule has 0 aliphatic carbocycles. The lowest BCUT2D eigenvalue weighted by atomic mass is 10.3. The number of ether oxygens (including phenoxy) is 2. The van der Waals surface area contributed by atoms with Gasteiger partial charge >= 0.3 is 0 Å². The molecule has 5 nitrogen and oxygen atoms in total. The first-order chi connectivity index (χ1) is 8.07. The molecular weight excluding hydrogens is 220 g/mol. The second-order valence-corrected chi connectivity index (χ2v) is 4.24. The van der Waals surface area contributed by atoms with Crippen molar-refractivity contribution in [2.75, 3.05) is 40.0 Å². The maximum absolute atomic E-state index is 11.6. The van der Waals surface area contributed by atoms with E-state index in [1.165, 1.54) is 0 Å². The summed E-state index contributed by atoms with van der Waals surface area (Å²) in [7, 11) is 1.79. The molecule has 0 heterocycles. The predicted octanol–water partition coefficient (Wildman–Crippen LogP) is 0.625. The van der Waals surface area contributed by atoms with Gasteiger partial charge in [-0.05, 0) is 26.8 Å². The van der Waals surface area contributed by atoms with Crippen molar-refractivity contribution in [3.8, 4) is 0 Å². The molecule has 0 atom stereocenters. The average molecular weight is 246 g/mol. The van der Waals surface area contributed by atoms with Crippen molar-refractivity contribution in [1.29, 1.82) is 0 Å². The molecule has 2 N–H and O–H groups in total. The monoisotopic (exact) mass is 246 g/mol. The first-order valence-electron chi connectivity index (χ1n) is 6.21. The third kappa shape index (κ3) is 10.2. The molecule has 0 unspecified atom stereocenters. The molecule has 102 valence electrons. The number of nitrogens with zero attached hydrogens (tertiary/aromatic N) is 1. The molecular formula is C12H26N2O3. The summed E-state index contributed by atoms with van der Waals surface area (Å²) < 4.78 is 10.6. The summed E-state index contributed by atoms with van der Waals surface area (Å²) >= 11 is 0. The smallest absolute Gasteiger partial charge is 0.224 e. The normalized spacial score (nSPS) is 10.9. The fourth-order valence-electron chi connectivity index (χ4n) is 1.25. The average Bonchev–Trinajstić information content (AvgIpc) is 2.29. The second-order valence-electron chi connectivity index (χ2n) is 4.24. The van der Waals surface area contributed by atoms with Crippen LogP contribution in [0.5, 0.6) is 0 Å². The van der Waals surface area contributed by atoms with Crippen LogP contribution in [0.1, 0.15) is 26.7 Å². The van der Waals surface area contributed by atoms with Crippen molar-refractivity contribution in [3.05, 3.63) is 0 Å². The van der Waals surface area contributed by atoms with Gasteiger partial charge in [0.25, 0.3) is 0 Å². The Kier molecular flexibility index (Phi) is 10.1. The lowest BCUT2D eigenvalue weighted by molar-refractivity contribution is -0.131. The van der Waals surface area contributed by atoms with Crippen LogP contribution in [0.4, 0.5) is 0 Å². The van der Waals surface area contributed by atoms with Gasteiger partial charge in [-0.2, -0.15) is 0 Å². The molecule has 0 aliphatic rings. The van der Waals surface area contributed by atoms with E-state index >= 15 is 0 Å². The number of carbonyl (C=O) groups is 1. The molecule has 0 aromatic carbocycles. The van der Waals surface area contributed by atoms with Gasteiger partial charge in [0.05, 0.1) is 32.3 Å². The van der Waals surface area contributed by atoms with Gasteiger partial charge in [0.2, 0.25) is 5.91 Å². The standard InChI is InChI=1S/C12H26N2O3/c1-11(2)17-10-9-16-8-5-12(15)14(3)7-4-6-13/h11H,4-10,13H2,1-3H3. The van der Waals surface area contributed by atoms with Gasteiger partial charge in [0.1, 0.15) is 0 Å².